The Hall–Kier alpha value is -2.94. The lowest BCUT2D eigenvalue weighted by atomic mass is 10.2. The van der Waals surface area contributed by atoms with Gasteiger partial charge in [0, 0.05) is 19.2 Å². The van der Waals surface area contributed by atoms with Crippen molar-refractivity contribution in [3.8, 4) is 0 Å². The fraction of sp³-hybridized carbons (Fsp3) is 0.188. The van der Waals surface area contributed by atoms with Gasteiger partial charge < -0.3 is 4.74 Å². The minimum Gasteiger partial charge on any atom is -0.462 e. The Kier molecular flexibility index (Phi) is 5.38. The lowest BCUT2D eigenvalue weighted by Crippen LogP contribution is -2.26. The van der Waals surface area contributed by atoms with Crippen LogP contribution in [-0.4, -0.2) is 33.0 Å². The normalized spacial score (nSPS) is 11.0. The van der Waals surface area contributed by atoms with Crippen LogP contribution in [0.3, 0.4) is 0 Å². The van der Waals surface area contributed by atoms with Gasteiger partial charge in [0.15, 0.2) is 0 Å². The van der Waals surface area contributed by atoms with E-state index in [0.717, 1.165) is 16.4 Å². The number of nitro groups is 1. The number of anilines is 1. The van der Waals surface area contributed by atoms with Crippen molar-refractivity contribution in [2.45, 2.75) is 11.8 Å². The second-order valence-corrected chi connectivity index (χ2v) is 6.96. The maximum absolute atomic E-state index is 12.7. The van der Waals surface area contributed by atoms with Crippen molar-refractivity contribution in [3.63, 3.8) is 0 Å². The van der Waals surface area contributed by atoms with E-state index in [0.29, 0.717) is 0 Å². The number of hydrogen-bond donors (Lipinski definition) is 0. The number of nitrogens with zero attached hydrogens (tertiary/aromatic N) is 2. The highest BCUT2D eigenvalue weighted by molar-refractivity contribution is 7.92. The largest absolute Gasteiger partial charge is 0.462 e. The molecule has 0 atom stereocenters. The number of non-ortho nitro benzene ring substituents is 1. The molecule has 9 heteroatoms. The summed E-state index contributed by atoms with van der Waals surface area (Å²) in [5, 5.41) is 10.7. The van der Waals surface area contributed by atoms with Gasteiger partial charge >= 0.3 is 5.97 Å². The van der Waals surface area contributed by atoms with Crippen LogP contribution in [0.4, 0.5) is 11.4 Å². The van der Waals surface area contributed by atoms with Crippen LogP contribution in [0.15, 0.2) is 53.4 Å². The first kappa shape index (κ1) is 18.4. The summed E-state index contributed by atoms with van der Waals surface area (Å²) in [4.78, 5) is 21.8. The van der Waals surface area contributed by atoms with Gasteiger partial charge in [-0.15, -0.1) is 0 Å². The number of carbonyl (C=O) groups is 1. The van der Waals surface area contributed by atoms with Gasteiger partial charge in [0.2, 0.25) is 0 Å². The van der Waals surface area contributed by atoms with E-state index >= 15 is 0 Å². The molecule has 8 nitrogen and oxygen atoms in total. The van der Waals surface area contributed by atoms with E-state index in [1.165, 1.54) is 37.4 Å². The van der Waals surface area contributed by atoms with E-state index in [1.807, 2.05) is 0 Å². The standard InChI is InChI=1S/C16H16N2O6S/c1-3-24-16(19)12-5-4-6-14(11-12)17(2)25(22,23)15-9-7-13(8-10-15)18(20)21/h4-11H,3H2,1-2H3. The number of hydrogen-bond acceptors (Lipinski definition) is 6. The first-order valence-corrected chi connectivity index (χ1v) is 8.72. The van der Waals surface area contributed by atoms with Gasteiger partial charge in [-0.05, 0) is 37.3 Å². The molecule has 0 spiro atoms. The van der Waals surface area contributed by atoms with Gasteiger partial charge in [0.05, 0.1) is 27.7 Å². The summed E-state index contributed by atoms with van der Waals surface area (Å²) in [5.74, 6) is -0.550. The molecule has 0 saturated carbocycles. The zero-order chi connectivity index (χ0) is 18.6. The second kappa shape index (κ2) is 7.31. The summed E-state index contributed by atoms with van der Waals surface area (Å²) in [6.45, 7) is 1.88. The van der Waals surface area contributed by atoms with Crippen LogP contribution in [0, 0.1) is 10.1 Å². The Balaban J connectivity index is 2.35. The van der Waals surface area contributed by atoms with Crippen LogP contribution < -0.4 is 4.31 Å². The van der Waals surface area contributed by atoms with Gasteiger partial charge in [-0.3, -0.25) is 14.4 Å². The lowest BCUT2D eigenvalue weighted by molar-refractivity contribution is -0.384. The number of benzene rings is 2. The highest BCUT2D eigenvalue weighted by Crippen LogP contribution is 2.24. The summed E-state index contributed by atoms with van der Waals surface area (Å²) in [6, 6.07) is 10.6. The summed E-state index contributed by atoms with van der Waals surface area (Å²) >= 11 is 0. The maximum atomic E-state index is 12.7. The molecule has 0 heterocycles. The molecular weight excluding hydrogens is 348 g/mol. The highest BCUT2D eigenvalue weighted by Gasteiger charge is 2.23. The number of rotatable bonds is 6. The first-order valence-electron chi connectivity index (χ1n) is 7.28. The molecule has 0 radical (unpaired) electrons. The molecule has 0 unspecified atom stereocenters. The van der Waals surface area contributed by atoms with Crippen molar-refractivity contribution in [1.82, 2.24) is 0 Å². The van der Waals surface area contributed by atoms with Crippen LogP contribution in [0.1, 0.15) is 17.3 Å². The van der Waals surface area contributed by atoms with Crippen molar-refractivity contribution in [2.24, 2.45) is 0 Å². The van der Waals surface area contributed by atoms with Crippen molar-refractivity contribution in [3.05, 3.63) is 64.2 Å². The average Bonchev–Trinajstić information content (AvgIpc) is 2.61. The van der Waals surface area contributed by atoms with E-state index in [9.17, 15) is 23.3 Å². The molecule has 2 aromatic rings. The SMILES string of the molecule is CCOC(=O)c1cccc(N(C)S(=O)(=O)c2ccc([N+](=O)[O-])cc2)c1. The predicted molar refractivity (Wildman–Crippen MR) is 91.1 cm³/mol. The molecule has 0 aliphatic rings. The third-order valence-electron chi connectivity index (χ3n) is 3.43. The number of carbonyl (C=O) groups excluding carboxylic acids is 1. The van der Waals surface area contributed by atoms with Crippen LogP contribution in [0.5, 0.6) is 0 Å². The molecule has 132 valence electrons. The van der Waals surface area contributed by atoms with Crippen LogP contribution in [0.25, 0.3) is 0 Å². The van der Waals surface area contributed by atoms with Crippen LogP contribution in [0.2, 0.25) is 0 Å². The van der Waals surface area contributed by atoms with E-state index in [4.69, 9.17) is 4.74 Å². The molecule has 0 aliphatic carbocycles. The molecule has 2 aromatic carbocycles. The predicted octanol–water partition coefficient (Wildman–Crippen LogP) is 2.60. The third-order valence-corrected chi connectivity index (χ3v) is 5.23. The average molecular weight is 364 g/mol. The molecule has 2 rings (SSSR count). The Morgan fingerprint density at radius 1 is 1.20 bits per heavy atom. The molecule has 0 N–H and O–H groups in total. The van der Waals surface area contributed by atoms with Gasteiger partial charge in [-0.1, -0.05) is 6.07 Å². The molecule has 0 bridgehead atoms. The van der Waals surface area contributed by atoms with Crippen molar-refractivity contribution < 1.29 is 22.9 Å². The summed E-state index contributed by atoms with van der Waals surface area (Å²) in [7, 11) is -2.60. The monoisotopic (exact) mass is 364 g/mol. The third kappa shape index (κ3) is 3.94. The number of esters is 1. The minimum atomic E-state index is -3.93. The molecular formula is C16H16N2O6S. The van der Waals surface area contributed by atoms with E-state index < -0.39 is 20.9 Å². The fourth-order valence-electron chi connectivity index (χ4n) is 2.08. The van der Waals surface area contributed by atoms with Gasteiger partial charge in [-0.25, -0.2) is 13.2 Å². The minimum absolute atomic E-state index is 0.0952. The van der Waals surface area contributed by atoms with Crippen molar-refractivity contribution in [2.75, 3.05) is 18.0 Å². The molecule has 0 aliphatic heterocycles. The molecule has 0 saturated heterocycles. The molecule has 0 amide bonds. The summed E-state index contributed by atoms with van der Waals surface area (Å²) in [5.41, 5.74) is 0.292. The molecule has 0 aromatic heterocycles. The Labute approximate surface area is 144 Å². The molecule has 25 heavy (non-hydrogen) atoms. The van der Waals surface area contributed by atoms with Crippen LogP contribution >= 0.6 is 0 Å². The Morgan fingerprint density at radius 2 is 1.84 bits per heavy atom. The van der Waals surface area contributed by atoms with Crippen LogP contribution in [-0.2, 0) is 14.8 Å². The van der Waals surface area contributed by atoms with Gasteiger partial charge in [0.25, 0.3) is 15.7 Å². The summed E-state index contributed by atoms with van der Waals surface area (Å²) in [6.07, 6.45) is 0. The van der Waals surface area contributed by atoms with Crippen molar-refractivity contribution >= 4 is 27.4 Å². The fourth-order valence-corrected chi connectivity index (χ4v) is 3.27. The van der Waals surface area contributed by atoms with E-state index in [1.54, 1.807) is 13.0 Å². The van der Waals surface area contributed by atoms with E-state index in [2.05, 4.69) is 0 Å². The zero-order valence-corrected chi connectivity index (χ0v) is 14.4. The highest BCUT2D eigenvalue weighted by atomic mass is 32.2. The second-order valence-electron chi connectivity index (χ2n) is 4.99. The lowest BCUT2D eigenvalue weighted by Gasteiger charge is -2.20. The number of sulfonamides is 1. The number of ether oxygens (including phenoxy) is 1. The van der Waals surface area contributed by atoms with E-state index in [-0.39, 0.29) is 28.4 Å². The Morgan fingerprint density at radius 3 is 2.40 bits per heavy atom. The Bertz CT molecular complexity index is 893. The molecule has 0 fully saturated rings. The van der Waals surface area contributed by atoms with Crippen molar-refractivity contribution in [1.29, 1.82) is 0 Å². The zero-order valence-electron chi connectivity index (χ0n) is 13.6. The van der Waals surface area contributed by atoms with Gasteiger partial charge in [0.1, 0.15) is 0 Å². The first-order chi connectivity index (χ1) is 11.8. The smallest absolute Gasteiger partial charge is 0.338 e. The quantitative estimate of drug-likeness (QED) is 0.443. The number of nitro benzene ring substituents is 1. The maximum Gasteiger partial charge on any atom is 0.338 e. The summed E-state index contributed by atoms with van der Waals surface area (Å²) < 4.78 is 31.2. The topological polar surface area (TPSA) is 107 Å². The van der Waals surface area contributed by atoms with Gasteiger partial charge in [-0.2, -0.15) is 0 Å².